The maximum atomic E-state index is 13.0. The Balaban J connectivity index is 2.17. The van der Waals surface area contributed by atoms with E-state index in [-0.39, 0.29) is 62.9 Å². The maximum absolute atomic E-state index is 13.0. The number of carbonyl (C=O) groups excluding carboxylic acids is 2. The fraction of sp³-hybridized carbons (Fsp3) is 0.318. The van der Waals surface area contributed by atoms with Gasteiger partial charge in [0.1, 0.15) is 23.4 Å². The van der Waals surface area contributed by atoms with E-state index >= 15 is 0 Å². The largest absolute Gasteiger partial charge is 0.493 e. The van der Waals surface area contributed by atoms with E-state index in [2.05, 4.69) is 26.2 Å². The molecule has 0 unspecified atom stereocenters. The van der Waals surface area contributed by atoms with Gasteiger partial charge < -0.3 is 9.84 Å². The molecule has 0 aliphatic carbocycles. The summed E-state index contributed by atoms with van der Waals surface area (Å²) >= 11 is 3.24. The Labute approximate surface area is 202 Å². The first-order valence-corrected chi connectivity index (χ1v) is 10.8. The highest BCUT2D eigenvalue weighted by atomic mass is 79.9. The van der Waals surface area contributed by atoms with Crippen LogP contribution >= 0.6 is 15.9 Å². The number of aromatic hydroxyl groups is 1. The number of nitrogens with zero attached hydrogens (tertiary/aromatic N) is 6. The number of hydrogen-bond donors (Lipinski definition) is 1. The molecule has 0 fully saturated rings. The maximum Gasteiger partial charge on any atom is 0.281 e. The van der Waals surface area contributed by atoms with Crippen LogP contribution in [0.3, 0.4) is 0 Å². The average Bonchev–Trinajstić information content (AvgIpc) is 3.00. The summed E-state index contributed by atoms with van der Waals surface area (Å²) in [5.41, 5.74) is -1.03. The third-order valence-corrected chi connectivity index (χ3v) is 5.97. The predicted molar refractivity (Wildman–Crippen MR) is 122 cm³/mol. The number of nitriles is 2. The van der Waals surface area contributed by atoms with Crippen molar-refractivity contribution < 1.29 is 19.4 Å². The van der Waals surface area contributed by atoms with Crippen LogP contribution in [-0.2, 0) is 11.3 Å². The normalized spacial score (nSPS) is 13.0. The molecule has 0 spiro atoms. The van der Waals surface area contributed by atoms with Gasteiger partial charge in [0.25, 0.3) is 17.4 Å². The molecule has 1 aliphatic rings. The summed E-state index contributed by atoms with van der Waals surface area (Å²) in [5.74, 6) is -1.65. The van der Waals surface area contributed by atoms with Gasteiger partial charge >= 0.3 is 0 Å². The lowest BCUT2D eigenvalue weighted by molar-refractivity contribution is 0.0691. The van der Waals surface area contributed by atoms with E-state index in [4.69, 9.17) is 4.74 Å². The SMILES string of the molecule is Cc1c(C#N)c(O)n(CCOC(C)C)c(=O)c1N=Nc1c(C#N)cc2c(c1Br)C(=O)N(C)C2=O. The molecule has 12 heteroatoms. The van der Waals surface area contributed by atoms with Crippen molar-refractivity contribution in [3.05, 3.63) is 48.7 Å². The number of carbonyl (C=O) groups is 2. The standard InChI is InChI=1S/C22H19BrN6O5/c1-10(2)34-6-5-29-20(31)14(9-25)11(3)17(22(29)33)26-27-18-12(8-24)7-13-15(16(18)23)21(32)28(4)19(13)30/h7,10,31H,5-6H2,1-4H3. The Morgan fingerprint density at radius 1 is 1.15 bits per heavy atom. The summed E-state index contributed by atoms with van der Waals surface area (Å²) in [7, 11) is 1.32. The molecule has 174 valence electrons. The van der Waals surface area contributed by atoms with Crippen LogP contribution in [0.15, 0.2) is 25.6 Å². The molecule has 1 aromatic carbocycles. The lowest BCUT2D eigenvalue weighted by Gasteiger charge is -2.14. The van der Waals surface area contributed by atoms with E-state index in [1.807, 2.05) is 26.0 Å². The van der Waals surface area contributed by atoms with Crippen LogP contribution in [0.25, 0.3) is 0 Å². The molecule has 11 nitrogen and oxygen atoms in total. The van der Waals surface area contributed by atoms with E-state index in [0.29, 0.717) is 0 Å². The van der Waals surface area contributed by atoms with Gasteiger partial charge in [-0.15, -0.1) is 10.2 Å². The summed E-state index contributed by atoms with van der Waals surface area (Å²) < 4.78 is 6.47. The highest BCUT2D eigenvalue weighted by Gasteiger charge is 2.37. The van der Waals surface area contributed by atoms with Gasteiger partial charge in [-0.3, -0.25) is 23.9 Å². The monoisotopic (exact) mass is 526 g/mol. The van der Waals surface area contributed by atoms with Gasteiger partial charge in [0.15, 0.2) is 5.69 Å². The predicted octanol–water partition coefficient (Wildman–Crippen LogP) is 3.43. The van der Waals surface area contributed by atoms with Gasteiger partial charge in [-0.1, -0.05) is 0 Å². The number of fused-ring (bicyclic) bond motifs is 1. The Hall–Kier alpha value is -3.87. The minimum Gasteiger partial charge on any atom is -0.493 e. The fourth-order valence-electron chi connectivity index (χ4n) is 3.39. The average molecular weight is 527 g/mol. The van der Waals surface area contributed by atoms with Crippen LogP contribution < -0.4 is 5.56 Å². The second-order valence-electron chi connectivity index (χ2n) is 7.65. The zero-order valence-corrected chi connectivity index (χ0v) is 20.3. The molecule has 1 N–H and O–H groups in total. The van der Waals surface area contributed by atoms with Gasteiger partial charge in [0.05, 0.1) is 40.4 Å². The van der Waals surface area contributed by atoms with Gasteiger partial charge in [-0.25, -0.2) is 0 Å². The Kier molecular flexibility index (Phi) is 6.96. The van der Waals surface area contributed by atoms with E-state index < -0.39 is 23.3 Å². The van der Waals surface area contributed by atoms with Crippen LogP contribution in [0.2, 0.25) is 0 Å². The van der Waals surface area contributed by atoms with Crippen molar-refractivity contribution in [2.24, 2.45) is 10.2 Å². The number of benzene rings is 1. The third-order valence-electron chi connectivity index (χ3n) is 5.20. The first-order chi connectivity index (χ1) is 16.0. The van der Waals surface area contributed by atoms with E-state index in [1.165, 1.54) is 20.0 Å². The van der Waals surface area contributed by atoms with Gasteiger partial charge in [0, 0.05) is 12.6 Å². The van der Waals surface area contributed by atoms with Crippen LogP contribution in [0.1, 0.15) is 51.3 Å². The minimum atomic E-state index is -0.716. The molecule has 1 aliphatic heterocycles. The van der Waals surface area contributed by atoms with Crippen LogP contribution in [-0.4, -0.2) is 46.1 Å². The van der Waals surface area contributed by atoms with Crippen molar-refractivity contribution >= 4 is 39.1 Å². The smallest absolute Gasteiger partial charge is 0.281 e. The quantitative estimate of drug-likeness (QED) is 0.445. The minimum absolute atomic E-state index is 0.0313. The zero-order chi connectivity index (χ0) is 25.3. The van der Waals surface area contributed by atoms with Crippen molar-refractivity contribution in [1.82, 2.24) is 9.47 Å². The summed E-state index contributed by atoms with van der Waals surface area (Å²) in [5, 5.41) is 37.5. The van der Waals surface area contributed by atoms with E-state index in [0.717, 1.165) is 9.47 Å². The van der Waals surface area contributed by atoms with Crippen molar-refractivity contribution in [3.8, 4) is 18.0 Å². The molecular formula is C22H19BrN6O5. The van der Waals surface area contributed by atoms with Crippen LogP contribution in [0.4, 0.5) is 11.4 Å². The number of ether oxygens (including phenoxy) is 1. The molecule has 3 rings (SSSR count). The number of halogens is 1. The number of azo groups is 1. The number of hydrogen-bond acceptors (Lipinski definition) is 9. The Morgan fingerprint density at radius 2 is 1.79 bits per heavy atom. The van der Waals surface area contributed by atoms with Gasteiger partial charge in [-0.2, -0.15) is 10.5 Å². The van der Waals surface area contributed by atoms with E-state index in [1.54, 1.807) is 0 Å². The van der Waals surface area contributed by atoms with Crippen LogP contribution in [0, 0.1) is 29.6 Å². The summed E-state index contributed by atoms with van der Waals surface area (Å²) in [6.07, 6.45) is -0.104. The number of aromatic nitrogens is 1. The number of pyridine rings is 1. The molecule has 0 bridgehead atoms. The molecule has 34 heavy (non-hydrogen) atoms. The third kappa shape index (κ3) is 4.09. The molecule has 2 aromatic rings. The number of imide groups is 1. The molecule has 2 heterocycles. The number of rotatable bonds is 6. The second-order valence-corrected chi connectivity index (χ2v) is 8.44. The topological polar surface area (TPSA) is 161 Å². The molecule has 0 atom stereocenters. The van der Waals surface area contributed by atoms with Crippen molar-refractivity contribution in [2.75, 3.05) is 13.7 Å². The molecular weight excluding hydrogens is 508 g/mol. The Bertz CT molecular complexity index is 1400. The molecule has 0 radical (unpaired) electrons. The highest BCUT2D eigenvalue weighted by molar-refractivity contribution is 9.10. The summed E-state index contributed by atoms with van der Waals surface area (Å²) in [6, 6.07) is 5.00. The zero-order valence-electron chi connectivity index (χ0n) is 18.7. The van der Waals surface area contributed by atoms with E-state index in [9.17, 15) is 30.0 Å². The second kappa shape index (κ2) is 9.55. The van der Waals surface area contributed by atoms with Crippen molar-refractivity contribution in [1.29, 1.82) is 10.5 Å². The highest BCUT2D eigenvalue weighted by Crippen LogP contribution is 2.39. The lowest BCUT2D eigenvalue weighted by atomic mass is 10.0. The summed E-state index contributed by atoms with van der Waals surface area (Å²) in [6.45, 7) is 5.14. The molecule has 1 aromatic heterocycles. The Morgan fingerprint density at radius 3 is 2.38 bits per heavy atom. The number of amides is 2. The van der Waals surface area contributed by atoms with Gasteiger partial charge in [0.2, 0.25) is 5.88 Å². The lowest BCUT2D eigenvalue weighted by Crippen LogP contribution is -2.24. The molecule has 0 saturated heterocycles. The van der Waals surface area contributed by atoms with Crippen molar-refractivity contribution in [2.45, 2.75) is 33.4 Å². The fourth-order valence-corrected chi connectivity index (χ4v) is 4.06. The first kappa shape index (κ1) is 24.8. The van der Waals surface area contributed by atoms with Crippen LogP contribution in [0.5, 0.6) is 5.88 Å². The molecule has 0 saturated carbocycles. The van der Waals surface area contributed by atoms with Gasteiger partial charge in [-0.05, 0) is 42.8 Å². The molecule has 2 amide bonds. The first-order valence-electron chi connectivity index (χ1n) is 10.0. The summed E-state index contributed by atoms with van der Waals surface area (Å²) in [4.78, 5) is 38.7. The van der Waals surface area contributed by atoms with Crippen molar-refractivity contribution in [3.63, 3.8) is 0 Å².